The summed E-state index contributed by atoms with van der Waals surface area (Å²) in [6.45, 7) is 9.77. The molecule has 2 heterocycles. The molecule has 10 heteroatoms. The Labute approximate surface area is 230 Å². The van der Waals surface area contributed by atoms with Crippen molar-refractivity contribution in [1.29, 1.82) is 0 Å². The molecule has 39 heavy (non-hydrogen) atoms. The number of aromatic nitrogens is 1. The maximum absolute atomic E-state index is 13.4. The highest BCUT2D eigenvalue weighted by atomic mass is 32.1. The van der Waals surface area contributed by atoms with Gasteiger partial charge in [-0.15, -0.1) is 0 Å². The van der Waals surface area contributed by atoms with Crippen LogP contribution in [0.1, 0.15) is 46.4 Å². The summed E-state index contributed by atoms with van der Waals surface area (Å²) in [5.41, 5.74) is 1.15. The molecule has 1 aliphatic rings. The van der Waals surface area contributed by atoms with Crippen molar-refractivity contribution in [3.63, 3.8) is 0 Å². The van der Waals surface area contributed by atoms with E-state index in [9.17, 15) is 19.5 Å². The SMILES string of the molecule is C=CCOc1ccc(/C(O)=C2\C(=O)C(=O)N(c3nc(C)c(C(=O)OCC)s3)C2c2ccc(OCC)cc2)cc1. The molecule has 0 saturated carbocycles. The standard InChI is InChI=1S/C29H28N2O7S/c1-5-16-38-21-14-10-19(11-15-21)24(32)22-23(18-8-12-20(13-9-18)36-6-2)31(27(34)25(22)33)29-30-17(4)26(39-29)28(35)37-7-3/h5,8-15,23,32H,1,6-7,16H2,2-4H3/b24-22+. The third kappa shape index (κ3) is 5.56. The number of rotatable bonds is 10. The first-order valence-electron chi connectivity index (χ1n) is 12.3. The Kier molecular flexibility index (Phi) is 8.46. The van der Waals surface area contributed by atoms with E-state index in [-0.39, 0.29) is 27.9 Å². The average molecular weight is 549 g/mol. The van der Waals surface area contributed by atoms with Crippen molar-refractivity contribution in [3.8, 4) is 11.5 Å². The minimum Gasteiger partial charge on any atom is -0.507 e. The minimum absolute atomic E-state index is 0.102. The molecule has 1 atom stereocenters. The molecule has 202 valence electrons. The first-order chi connectivity index (χ1) is 18.8. The number of hydrogen-bond acceptors (Lipinski definition) is 9. The summed E-state index contributed by atoms with van der Waals surface area (Å²) in [6, 6.07) is 12.4. The van der Waals surface area contributed by atoms with Crippen molar-refractivity contribution >= 4 is 39.9 Å². The molecule has 4 rings (SSSR count). The van der Waals surface area contributed by atoms with Crippen LogP contribution in [0.25, 0.3) is 5.76 Å². The number of carbonyl (C=O) groups is 3. The van der Waals surface area contributed by atoms with Crippen LogP contribution in [-0.2, 0) is 14.3 Å². The molecule has 2 aromatic carbocycles. The molecule has 1 unspecified atom stereocenters. The van der Waals surface area contributed by atoms with Gasteiger partial charge in [-0.05, 0) is 62.7 Å². The summed E-state index contributed by atoms with van der Waals surface area (Å²) in [5, 5.41) is 11.5. The van der Waals surface area contributed by atoms with Gasteiger partial charge in [0.15, 0.2) is 5.13 Å². The van der Waals surface area contributed by atoms with Gasteiger partial charge in [0.2, 0.25) is 0 Å². The van der Waals surface area contributed by atoms with Gasteiger partial charge in [0, 0.05) is 5.56 Å². The lowest BCUT2D eigenvalue weighted by atomic mass is 9.95. The highest BCUT2D eigenvalue weighted by molar-refractivity contribution is 7.17. The summed E-state index contributed by atoms with van der Waals surface area (Å²) >= 11 is 0.953. The van der Waals surface area contributed by atoms with Crippen LogP contribution in [0.15, 0.2) is 66.8 Å². The Balaban J connectivity index is 1.84. The Hall–Kier alpha value is -4.44. The smallest absolute Gasteiger partial charge is 0.350 e. The van der Waals surface area contributed by atoms with Crippen LogP contribution in [0.4, 0.5) is 5.13 Å². The minimum atomic E-state index is -1.00. The molecule has 1 saturated heterocycles. The van der Waals surface area contributed by atoms with Crippen molar-refractivity contribution < 1.29 is 33.7 Å². The van der Waals surface area contributed by atoms with Gasteiger partial charge in [-0.25, -0.2) is 9.78 Å². The maximum atomic E-state index is 13.4. The predicted octanol–water partition coefficient (Wildman–Crippen LogP) is 5.22. The van der Waals surface area contributed by atoms with Gasteiger partial charge in [0.1, 0.15) is 28.7 Å². The molecule has 0 spiro atoms. The molecule has 1 aliphatic heterocycles. The van der Waals surface area contributed by atoms with Crippen LogP contribution in [0.2, 0.25) is 0 Å². The summed E-state index contributed by atoms with van der Waals surface area (Å²) in [6.07, 6.45) is 1.61. The van der Waals surface area contributed by atoms with Crippen molar-refractivity contribution in [2.24, 2.45) is 0 Å². The third-order valence-electron chi connectivity index (χ3n) is 5.90. The molecule has 1 N–H and O–H groups in total. The van der Waals surface area contributed by atoms with Crippen molar-refractivity contribution in [3.05, 3.63) is 88.5 Å². The van der Waals surface area contributed by atoms with Gasteiger partial charge in [-0.1, -0.05) is 36.1 Å². The molecule has 1 amide bonds. The van der Waals surface area contributed by atoms with Crippen LogP contribution < -0.4 is 14.4 Å². The normalized spacial score (nSPS) is 16.3. The van der Waals surface area contributed by atoms with Gasteiger partial charge in [0.25, 0.3) is 5.78 Å². The highest BCUT2D eigenvalue weighted by Crippen LogP contribution is 2.44. The average Bonchev–Trinajstić information content (AvgIpc) is 3.44. The van der Waals surface area contributed by atoms with Crippen LogP contribution in [-0.4, -0.2) is 47.6 Å². The highest BCUT2D eigenvalue weighted by Gasteiger charge is 2.48. The predicted molar refractivity (Wildman–Crippen MR) is 147 cm³/mol. The van der Waals surface area contributed by atoms with Crippen LogP contribution in [0.3, 0.4) is 0 Å². The zero-order chi connectivity index (χ0) is 28.1. The second-order valence-electron chi connectivity index (χ2n) is 8.43. The maximum Gasteiger partial charge on any atom is 0.350 e. The number of nitrogens with zero attached hydrogens (tertiary/aromatic N) is 2. The summed E-state index contributed by atoms with van der Waals surface area (Å²) < 4.78 is 16.2. The monoisotopic (exact) mass is 548 g/mol. The van der Waals surface area contributed by atoms with Crippen molar-refractivity contribution in [1.82, 2.24) is 4.98 Å². The largest absolute Gasteiger partial charge is 0.507 e. The van der Waals surface area contributed by atoms with E-state index in [1.165, 1.54) is 4.90 Å². The Bertz CT molecular complexity index is 1420. The van der Waals surface area contributed by atoms with Gasteiger partial charge < -0.3 is 19.3 Å². The fourth-order valence-electron chi connectivity index (χ4n) is 4.15. The number of aliphatic hydroxyl groups is 1. The second kappa shape index (κ2) is 12.0. The Morgan fingerprint density at radius 1 is 1.05 bits per heavy atom. The van der Waals surface area contributed by atoms with Crippen molar-refractivity contribution in [2.75, 3.05) is 24.7 Å². The van der Waals surface area contributed by atoms with E-state index in [1.54, 1.807) is 68.5 Å². The number of ether oxygens (including phenoxy) is 3. The van der Waals surface area contributed by atoms with E-state index in [4.69, 9.17) is 14.2 Å². The molecule has 0 aliphatic carbocycles. The number of carbonyl (C=O) groups excluding carboxylic acids is 3. The topological polar surface area (TPSA) is 115 Å². The van der Waals surface area contributed by atoms with Crippen molar-refractivity contribution in [2.45, 2.75) is 26.8 Å². The number of benzene rings is 2. The van der Waals surface area contributed by atoms with E-state index >= 15 is 0 Å². The molecular weight excluding hydrogens is 520 g/mol. The number of aliphatic hydroxyl groups excluding tert-OH is 1. The first kappa shape index (κ1) is 27.6. The number of anilines is 1. The molecule has 0 bridgehead atoms. The van der Waals surface area contributed by atoms with E-state index in [1.807, 2.05) is 6.92 Å². The quantitative estimate of drug-likeness (QED) is 0.121. The molecule has 1 aromatic heterocycles. The fraction of sp³-hybridized carbons (Fsp3) is 0.241. The Morgan fingerprint density at radius 3 is 2.31 bits per heavy atom. The summed E-state index contributed by atoms with van der Waals surface area (Å²) in [7, 11) is 0. The number of hydrogen-bond donors (Lipinski definition) is 1. The van der Waals surface area contributed by atoms with Gasteiger partial charge in [-0.3, -0.25) is 14.5 Å². The number of amides is 1. The van der Waals surface area contributed by atoms with E-state index < -0.39 is 23.7 Å². The van der Waals surface area contributed by atoms with Gasteiger partial charge >= 0.3 is 11.9 Å². The molecule has 0 radical (unpaired) electrons. The van der Waals surface area contributed by atoms with Gasteiger partial charge in [-0.2, -0.15) is 0 Å². The summed E-state index contributed by atoms with van der Waals surface area (Å²) in [5.74, 6) is -1.48. The number of aryl methyl sites for hydroxylation is 1. The molecular formula is C29H28N2O7S. The lowest BCUT2D eigenvalue weighted by Gasteiger charge is -2.23. The van der Waals surface area contributed by atoms with E-state index in [0.29, 0.717) is 41.5 Å². The molecule has 1 fully saturated rings. The lowest BCUT2D eigenvalue weighted by molar-refractivity contribution is -0.132. The first-order valence-corrected chi connectivity index (χ1v) is 13.1. The van der Waals surface area contributed by atoms with Crippen LogP contribution in [0, 0.1) is 6.92 Å². The summed E-state index contributed by atoms with van der Waals surface area (Å²) in [4.78, 5) is 45.1. The molecule has 3 aromatic rings. The lowest BCUT2D eigenvalue weighted by Crippen LogP contribution is -2.29. The number of thiazole rings is 1. The zero-order valence-corrected chi connectivity index (χ0v) is 22.6. The van der Waals surface area contributed by atoms with Crippen LogP contribution >= 0.6 is 11.3 Å². The van der Waals surface area contributed by atoms with Gasteiger partial charge in [0.05, 0.1) is 30.5 Å². The number of ketones is 1. The number of esters is 1. The second-order valence-corrected chi connectivity index (χ2v) is 9.40. The third-order valence-corrected chi connectivity index (χ3v) is 7.04. The zero-order valence-electron chi connectivity index (χ0n) is 21.8. The molecule has 9 nitrogen and oxygen atoms in total. The fourth-order valence-corrected chi connectivity index (χ4v) is 5.14. The van der Waals surface area contributed by atoms with E-state index in [0.717, 1.165) is 11.3 Å². The number of Topliss-reactive ketones (excluding diaryl/α,β-unsaturated/α-hetero) is 1. The van der Waals surface area contributed by atoms with Crippen LogP contribution in [0.5, 0.6) is 11.5 Å². The Morgan fingerprint density at radius 2 is 1.69 bits per heavy atom. The van der Waals surface area contributed by atoms with E-state index in [2.05, 4.69) is 11.6 Å².